The molecular weight excluding hydrogens is 468 g/mol. The van der Waals surface area contributed by atoms with Crippen molar-refractivity contribution in [3.05, 3.63) is 34.3 Å². The highest BCUT2D eigenvalue weighted by molar-refractivity contribution is 9.10. The van der Waals surface area contributed by atoms with Gasteiger partial charge in [-0.1, -0.05) is 41.9 Å². The number of benzene rings is 1. The monoisotopic (exact) mass is 494 g/mol. The predicted molar refractivity (Wildman–Crippen MR) is 115 cm³/mol. The van der Waals surface area contributed by atoms with Crippen LogP contribution in [0.2, 0.25) is 0 Å². The fourth-order valence-electron chi connectivity index (χ4n) is 3.87. The topological polar surface area (TPSA) is 102 Å². The molecule has 8 nitrogen and oxygen atoms in total. The Labute approximate surface area is 189 Å². The number of halogens is 1. The third-order valence-corrected chi connectivity index (χ3v) is 6.45. The van der Waals surface area contributed by atoms with Gasteiger partial charge in [0.1, 0.15) is 12.1 Å². The Hall–Kier alpha value is -2.42. The smallest absolute Gasteiger partial charge is 0.407 e. The molecule has 2 fully saturated rings. The lowest BCUT2D eigenvalue weighted by Gasteiger charge is -2.29. The van der Waals surface area contributed by atoms with Gasteiger partial charge < -0.3 is 19.7 Å². The zero-order valence-corrected chi connectivity index (χ0v) is 19.4. The van der Waals surface area contributed by atoms with Crippen LogP contribution in [0.4, 0.5) is 4.79 Å². The van der Waals surface area contributed by atoms with Crippen LogP contribution in [0, 0.1) is 11.3 Å². The van der Waals surface area contributed by atoms with Crippen molar-refractivity contribution in [3.63, 3.8) is 0 Å². The van der Waals surface area contributed by atoms with E-state index >= 15 is 0 Å². The second kappa shape index (κ2) is 9.38. The van der Waals surface area contributed by atoms with Crippen LogP contribution < -0.4 is 5.32 Å². The molecule has 1 aromatic carbocycles. The third kappa shape index (κ3) is 5.44. The molecule has 2 aliphatic rings. The van der Waals surface area contributed by atoms with Crippen molar-refractivity contribution in [2.75, 3.05) is 20.3 Å². The van der Waals surface area contributed by atoms with Crippen LogP contribution in [0.3, 0.4) is 0 Å². The molecule has 168 valence electrons. The van der Waals surface area contributed by atoms with E-state index in [0.29, 0.717) is 18.5 Å². The number of alkyl carbamates (subject to hydrolysis) is 1. The van der Waals surface area contributed by atoms with Gasteiger partial charge in [-0.3, -0.25) is 9.59 Å². The molecule has 9 heteroatoms. The van der Waals surface area contributed by atoms with E-state index in [0.717, 1.165) is 17.3 Å². The van der Waals surface area contributed by atoms with Crippen LogP contribution >= 0.6 is 15.9 Å². The fourth-order valence-corrected chi connectivity index (χ4v) is 4.13. The van der Waals surface area contributed by atoms with E-state index in [1.165, 1.54) is 12.0 Å². The molecule has 3 rings (SSSR count). The Morgan fingerprint density at radius 2 is 1.84 bits per heavy atom. The summed E-state index contributed by atoms with van der Waals surface area (Å²) in [5.74, 6) is -1.45. The number of hydrogen-bond acceptors (Lipinski definition) is 6. The first-order chi connectivity index (χ1) is 14.7. The average molecular weight is 495 g/mol. The van der Waals surface area contributed by atoms with Crippen molar-refractivity contribution >= 4 is 39.7 Å². The molecule has 2 amide bonds. The molecule has 1 aromatic rings. The summed E-state index contributed by atoms with van der Waals surface area (Å²) in [4.78, 5) is 51.6. The van der Waals surface area contributed by atoms with Gasteiger partial charge >= 0.3 is 12.1 Å². The van der Waals surface area contributed by atoms with E-state index in [2.05, 4.69) is 26.0 Å². The molecule has 0 radical (unpaired) electrons. The Morgan fingerprint density at radius 3 is 2.39 bits per heavy atom. The molecule has 1 saturated heterocycles. The summed E-state index contributed by atoms with van der Waals surface area (Å²) < 4.78 is 10.8. The van der Waals surface area contributed by atoms with E-state index in [-0.39, 0.29) is 29.6 Å². The number of amides is 2. The second-order valence-electron chi connectivity index (χ2n) is 8.58. The summed E-state index contributed by atoms with van der Waals surface area (Å²) in [5.41, 5.74) is 0.373. The van der Waals surface area contributed by atoms with Crippen LogP contribution in [0.15, 0.2) is 28.7 Å². The Bertz CT molecular complexity index is 865. The summed E-state index contributed by atoms with van der Waals surface area (Å²) in [6.45, 7) is 3.68. The lowest BCUT2D eigenvalue weighted by molar-refractivity contribution is -0.153. The number of carbonyl (C=O) groups is 4. The van der Waals surface area contributed by atoms with Crippen LogP contribution in [0.25, 0.3) is 0 Å². The van der Waals surface area contributed by atoms with Crippen molar-refractivity contribution in [2.45, 2.75) is 45.2 Å². The zero-order valence-electron chi connectivity index (χ0n) is 17.9. The van der Waals surface area contributed by atoms with Crippen molar-refractivity contribution in [1.29, 1.82) is 0 Å². The summed E-state index contributed by atoms with van der Waals surface area (Å²) >= 11 is 3.31. The van der Waals surface area contributed by atoms with Gasteiger partial charge in [0.25, 0.3) is 0 Å². The summed E-state index contributed by atoms with van der Waals surface area (Å²) in [6.07, 6.45) is 1.68. The van der Waals surface area contributed by atoms with Crippen molar-refractivity contribution in [1.82, 2.24) is 10.2 Å². The minimum atomic E-state index is -0.818. The second-order valence-corrected chi connectivity index (χ2v) is 9.50. The van der Waals surface area contributed by atoms with E-state index in [1.807, 2.05) is 13.8 Å². The lowest BCUT2D eigenvalue weighted by atomic mass is 10.0. The molecular formula is C22H27BrN2O6. The molecule has 1 spiro atoms. The molecule has 2 unspecified atom stereocenters. The predicted octanol–water partition coefficient (Wildman–Crippen LogP) is 2.94. The minimum absolute atomic E-state index is 0.0676. The molecule has 0 aromatic heterocycles. The maximum absolute atomic E-state index is 13.2. The number of nitrogens with one attached hydrogen (secondary N) is 1. The Kier molecular flexibility index (Phi) is 7.03. The van der Waals surface area contributed by atoms with Crippen molar-refractivity contribution in [3.8, 4) is 0 Å². The number of nitrogens with zero attached hydrogens (tertiary/aromatic N) is 1. The molecule has 31 heavy (non-hydrogen) atoms. The van der Waals surface area contributed by atoms with Gasteiger partial charge in [-0.25, -0.2) is 9.59 Å². The number of methoxy groups -OCH3 is 1. The fraction of sp³-hybridized carbons (Fsp3) is 0.545. The Morgan fingerprint density at radius 1 is 1.19 bits per heavy atom. The zero-order chi connectivity index (χ0) is 22.8. The average Bonchev–Trinajstić information content (AvgIpc) is 3.39. The minimum Gasteiger partial charge on any atom is -0.456 e. The van der Waals surface area contributed by atoms with Gasteiger partial charge in [0.2, 0.25) is 5.91 Å². The lowest BCUT2D eigenvalue weighted by Crippen LogP contribution is -2.54. The summed E-state index contributed by atoms with van der Waals surface area (Å²) in [6, 6.07) is 5.19. The summed E-state index contributed by atoms with van der Waals surface area (Å²) in [5, 5.41) is 2.56. The number of ether oxygens (including phenoxy) is 2. The maximum Gasteiger partial charge on any atom is 0.407 e. The van der Waals surface area contributed by atoms with E-state index in [4.69, 9.17) is 4.74 Å². The first-order valence-electron chi connectivity index (χ1n) is 10.3. The first kappa shape index (κ1) is 23.2. The van der Waals surface area contributed by atoms with Gasteiger partial charge in [0.05, 0.1) is 7.11 Å². The van der Waals surface area contributed by atoms with Crippen molar-refractivity contribution in [2.24, 2.45) is 11.3 Å². The maximum atomic E-state index is 13.2. The standard InChI is InChI=1S/C22H27BrN2O6/c1-13(2)18(24-21(29)30-3)19(27)25-12-22(8-9-22)10-16(25)20(28)31-11-17(26)14-4-6-15(23)7-5-14/h4-7,13,16,18H,8-12H2,1-3H3,(H,24,29). The molecule has 1 aliphatic carbocycles. The van der Waals surface area contributed by atoms with E-state index in [1.54, 1.807) is 24.3 Å². The van der Waals surface area contributed by atoms with Crippen LogP contribution in [-0.4, -0.2) is 61.0 Å². The molecule has 1 heterocycles. The molecule has 0 bridgehead atoms. The van der Waals surface area contributed by atoms with E-state index in [9.17, 15) is 19.2 Å². The van der Waals surface area contributed by atoms with Crippen LogP contribution in [0.5, 0.6) is 0 Å². The molecule has 1 saturated carbocycles. The van der Waals surface area contributed by atoms with Crippen LogP contribution in [0.1, 0.15) is 43.5 Å². The highest BCUT2D eigenvalue weighted by atomic mass is 79.9. The number of ketones is 1. The highest BCUT2D eigenvalue weighted by Crippen LogP contribution is 2.55. The third-order valence-electron chi connectivity index (χ3n) is 5.92. The Balaban J connectivity index is 1.68. The van der Waals surface area contributed by atoms with E-state index < -0.39 is 24.1 Å². The van der Waals surface area contributed by atoms with Crippen LogP contribution in [-0.2, 0) is 19.1 Å². The molecule has 1 N–H and O–H groups in total. The number of rotatable bonds is 7. The first-order valence-corrected chi connectivity index (χ1v) is 11.1. The number of esters is 1. The number of likely N-dealkylation sites (tertiary alicyclic amines) is 1. The van der Waals surface area contributed by atoms with Gasteiger partial charge in [-0.15, -0.1) is 0 Å². The number of Topliss-reactive ketones (excluding diaryl/α,β-unsaturated/α-hetero) is 1. The quantitative estimate of drug-likeness (QED) is 0.461. The highest BCUT2D eigenvalue weighted by Gasteiger charge is 2.56. The number of carbonyl (C=O) groups excluding carboxylic acids is 4. The van der Waals surface area contributed by atoms with Gasteiger partial charge in [0.15, 0.2) is 12.4 Å². The summed E-state index contributed by atoms with van der Waals surface area (Å²) in [7, 11) is 1.23. The number of hydrogen-bond donors (Lipinski definition) is 1. The van der Waals surface area contributed by atoms with Gasteiger partial charge in [0, 0.05) is 16.6 Å². The largest absolute Gasteiger partial charge is 0.456 e. The molecule has 1 aliphatic heterocycles. The van der Waals surface area contributed by atoms with Gasteiger partial charge in [-0.05, 0) is 42.7 Å². The van der Waals surface area contributed by atoms with Gasteiger partial charge in [-0.2, -0.15) is 0 Å². The molecule has 2 atom stereocenters. The SMILES string of the molecule is COC(=O)NC(C(=O)N1CC2(CC2)CC1C(=O)OCC(=O)c1ccc(Br)cc1)C(C)C. The van der Waals surface area contributed by atoms with Crippen molar-refractivity contribution < 1.29 is 28.7 Å². The normalized spacial score (nSPS) is 19.8.